The first-order valence-electron chi connectivity index (χ1n) is 6.94. The predicted octanol–water partition coefficient (Wildman–Crippen LogP) is 3.73. The van der Waals surface area contributed by atoms with Crippen LogP contribution in [0.3, 0.4) is 0 Å². The van der Waals surface area contributed by atoms with Crippen molar-refractivity contribution in [1.29, 1.82) is 0 Å². The number of aromatic nitrogens is 2. The summed E-state index contributed by atoms with van der Waals surface area (Å²) in [5, 5.41) is 12.5. The zero-order chi connectivity index (χ0) is 16.7. The van der Waals surface area contributed by atoms with Gasteiger partial charge in [-0.1, -0.05) is 34.4 Å². The van der Waals surface area contributed by atoms with E-state index in [4.69, 9.17) is 28.0 Å². The number of ketones is 1. The molecule has 120 valence electrons. The molecular weight excluding hydrogens is 337 g/mol. The summed E-state index contributed by atoms with van der Waals surface area (Å²) in [5.41, 5.74) is 2.06. The topological polar surface area (TPSA) is 64.4 Å². The van der Waals surface area contributed by atoms with Gasteiger partial charge in [-0.15, -0.1) is 0 Å². The zero-order valence-electron chi connectivity index (χ0n) is 12.5. The molecule has 23 heavy (non-hydrogen) atoms. The summed E-state index contributed by atoms with van der Waals surface area (Å²) < 4.78 is 0. The lowest BCUT2D eigenvalue weighted by Gasteiger charge is -2.07. The minimum Gasteiger partial charge on any atom is -0.399 e. The summed E-state index contributed by atoms with van der Waals surface area (Å²) in [5.74, 6) is 0.0503. The van der Waals surface area contributed by atoms with E-state index in [0.717, 1.165) is 5.56 Å². The van der Waals surface area contributed by atoms with Crippen LogP contribution < -0.4 is 0 Å². The molecule has 0 unspecified atom stereocenters. The van der Waals surface area contributed by atoms with Gasteiger partial charge in [0.15, 0.2) is 0 Å². The van der Waals surface area contributed by atoms with Gasteiger partial charge in [-0.3, -0.25) is 4.79 Å². The summed E-state index contributed by atoms with van der Waals surface area (Å²) in [6, 6.07) is 8.71. The Labute approximate surface area is 144 Å². The molecule has 0 aliphatic rings. The molecule has 0 atom stereocenters. The van der Waals surface area contributed by atoms with E-state index in [2.05, 4.69) is 15.4 Å². The van der Waals surface area contributed by atoms with Gasteiger partial charge in [0.1, 0.15) is 12.9 Å². The first kappa shape index (κ1) is 17.4. The van der Waals surface area contributed by atoms with Crippen LogP contribution in [-0.2, 0) is 16.1 Å². The van der Waals surface area contributed by atoms with E-state index < -0.39 is 0 Å². The van der Waals surface area contributed by atoms with Crippen molar-refractivity contribution in [2.24, 2.45) is 5.16 Å². The van der Waals surface area contributed by atoms with Crippen LogP contribution >= 0.6 is 23.2 Å². The molecule has 0 bridgehead atoms. The summed E-state index contributed by atoms with van der Waals surface area (Å²) in [7, 11) is 1.46. The quantitative estimate of drug-likeness (QED) is 0.563. The molecular formula is C16H15Cl2N3O2. The average Bonchev–Trinajstić information content (AvgIpc) is 2.55. The van der Waals surface area contributed by atoms with Crippen LogP contribution in [-0.4, -0.2) is 28.8 Å². The monoisotopic (exact) mass is 351 g/mol. The largest absolute Gasteiger partial charge is 0.399 e. The third kappa shape index (κ3) is 5.30. The number of Topliss-reactive ketones (excluding diaryl/α,β-unsaturated/α-hetero) is 1. The lowest BCUT2D eigenvalue weighted by Crippen LogP contribution is -2.09. The molecule has 0 aliphatic heterocycles. The van der Waals surface area contributed by atoms with Crippen molar-refractivity contribution in [3.05, 3.63) is 57.8 Å². The Balaban J connectivity index is 2.01. The van der Waals surface area contributed by atoms with Gasteiger partial charge in [-0.2, -0.15) is 10.2 Å². The van der Waals surface area contributed by atoms with Crippen LogP contribution in [0, 0.1) is 0 Å². The maximum atomic E-state index is 12.1. The number of carbonyl (C=O) groups excluding carboxylic acids is 1. The second-order valence-electron chi connectivity index (χ2n) is 4.78. The molecule has 2 aromatic rings. The summed E-state index contributed by atoms with van der Waals surface area (Å²) in [6.45, 7) is 0. The third-order valence-electron chi connectivity index (χ3n) is 3.10. The molecule has 0 spiro atoms. The summed E-state index contributed by atoms with van der Waals surface area (Å²) in [6.07, 6.45) is 2.57. The van der Waals surface area contributed by atoms with Gasteiger partial charge >= 0.3 is 0 Å². The Morgan fingerprint density at radius 2 is 2.04 bits per heavy atom. The number of carbonyl (C=O) groups is 1. The third-order valence-corrected chi connectivity index (χ3v) is 3.84. The standard InChI is InChI=1S/C16H15Cl2N3O2/c1-23-21-16(11-4-6-14(17)15(18)9-11)7-5-13(22)10-12-3-2-8-19-20-12/h2-4,6,8-9H,5,7,10H2,1H3. The molecule has 0 saturated carbocycles. The van der Waals surface area contributed by atoms with Crippen molar-refractivity contribution in [2.45, 2.75) is 19.3 Å². The van der Waals surface area contributed by atoms with Gasteiger partial charge in [0.2, 0.25) is 0 Å². The number of hydrogen-bond acceptors (Lipinski definition) is 5. The van der Waals surface area contributed by atoms with Crippen LogP contribution in [0.25, 0.3) is 0 Å². The molecule has 0 saturated heterocycles. The smallest absolute Gasteiger partial charge is 0.139 e. The number of hydrogen-bond donors (Lipinski definition) is 0. The van der Waals surface area contributed by atoms with Crippen molar-refractivity contribution >= 4 is 34.7 Å². The first-order valence-corrected chi connectivity index (χ1v) is 7.69. The lowest BCUT2D eigenvalue weighted by molar-refractivity contribution is -0.118. The molecule has 0 amide bonds. The van der Waals surface area contributed by atoms with E-state index in [1.807, 2.05) is 0 Å². The van der Waals surface area contributed by atoms with Crippen LogP contribution in [0.5, 0.6) is 0 Å². The van der Waals surface area contributed by atoms with Crippen molar-refractivity contribution in [1.82, 2.24) is 10.2 Å². The fourth-order valence-electron chi connectivity index (χ4n) is 2.00. The Morgan fingerprint density at radius 1 is 1.22 bits per heavy atom. The van der Waals surface area contributed by atoms with Crippen LogP contribution in [0.15, 0.2) is 41.7 Å². The van der Waals surface area contributed by atoms with Gasteiger partial charge in [-0.25, -0.2) is 0 Å². The highest BCUT2D eigenvalue weighted by atomic mass is 35.5. The first-order chi connectivity index (χ1) is 11.1. The normalized spacial score (nSPS) is 11.3. The summed E-state index contributed by atoms with van der Waals surface area (Å²) in [4.78, 5) is 16.9. The van der Waals surface area contributed by atoms with Crippen molar-refractivity contribution in [3.63, 3.8) is 0 Å². The van der Waals surface area contributed by atoms with E-state index in [1.54, 1.807) is 36.5 Å². The highest BCUT2D eigenvalue weighted by Crippen LogP contribution is 2.23. The number of benzene rings is 1. The van der Waals surface area contributed by atoms with Crippen LogP contribution in [0.1, 0.15) is 24.1 Å². The van der Waals surface area contributed by atoms with Crippen LogP contribution in [0.2, 0.25) is 10.0 Å². The SMILES string of the molecule is CON=C(CCC(=O)Cc1cccnn1)c1ccc(Cl)c(Cl)c1. The minimum atomic E-state index is 0.0503. The molecule has 0 N–H and O–H groups in total. The maximum absolute atomic E-state index is 12.1. The Kier molecular flexibility index (Phi) is 6.50. The number of rotatable bonds is 7. The zero-order valence-corrected chi connectivity index (χ0v) is 14.0. The van der Waals surface area contributed by atoms with E-state index in [1.165, 1.54) is 7.11 Å². The highest BCUT2D eigenvalue weighted by molar-refractivity contribution is 6.42. The molecule has 5 nitrogen and oxygen atoms in total. The molecule has 0 fully saturated rings. The second kappa shape index (κ2) is 8.60. The maximum Gasteiger partial charge on any atom is 0.139 e. The number of nitrogens with zero attached hydrogens (tertiary/aromatic N) is 3. The van der Waals surface area contributed by atoms with Crippen molar-refractivity contribution in [3.8, 4) is 0 Å². The fraction of sp³-hybridized carbons (Fsp3) is 0.250. The van der Waals surface area contributed by atoms with E-state index in [0.29, 0.717) is 34.3 Å². The highest BCUT2D eigenvalue weighted by Gasteiger charge is 2.11. The van der Waals surface area contributed by atoms with Gasteiger partial charge in [0.25, 0.3) is 0 Å². The molecule has 0 aliphatic carbocycles. The van der Waals surface area contributed by atoms with Gasteiger partial charge < -0.3 is 4.84 Å². The lowest BCUT2D eigenvalue weighted by atomic mass is 10.0. The summed E-state index contributed by atoms with van der Waals surface area (Å²) >= 11 is 11.9. The number of oxime groups is 1. The van der Waals surface area contributed by atoms with Crippen molar-refractivity contribution < 1.29 is 9.63 Å². The van der Waals surface area contributed by atoms with Crippen LogP contribution in [0.4, 0.5) is 0 Å². The minimum absolute atomic E-state index is 0.0503. The predicted molar refractivity (Wildman–Crippen MR) is 90.0 cm³/mol. The second-order valence-corrected chi connectivity index (χ2v) is 5.59. The fourth-order valence-corrected chi connectivity index (χ4v) is 2.30. The van der Waals surface area contributed by atoms with Gasteiger partial charge in [0.05, 0.1) is 27.9 Å². The van der Waals surface area contributed by atoms with Gasteiger partial charge in [0, 0.05) is 24.6 Å². The number of halogens is 2. The molecule has 7 heteroatoms. The van der Waals surface area contributed by atoms with E-state index >= 15 is 0 Å². The Morgan fingerprint density at radius 3 is 2.70 bits per heavy atom. The van der Waals surface area contributed by atoms with E-state index in [9.17, 15) is 4.79 Å². The molecule has 0 radical (unpaired) electrons. The molecule has 2 rings (SSSR count). The molecule has 1 heterocycles. The average molecular weight is 352 g/mol. The molecule has 1 aromatic heterocycles. The Bertz CT molecular complexity index is 706. The molecule has 1 aromatic carbocycles. The van der Waals surface area contributed by atoms with Gasteiger partial charge in [-0.05, 0) is 24.3 Å². The van der Waals surface area contributed by atoms with Crippen molar-refractivity contribution in [2.75, 3.05) is 7.11 Å². The van der Waals surface area contributed by atoms with E-state index in [-0.39, 0.29) is 12.2 Å². The Hall–Kier alpha value is -1.98.